The van der Waals surface area contributed by atoms with Crippen molar-refractivity contribution >= 4 is 60.7 Å². The van der Waals surface area contributed by atoms with Crippen LogP contribution in [0.3, 0.4) is 0 Å². The third-order valence-electron chi connectivity index (χ3n) is 6.52. The van der Waals surface area contributed by atoms with Gasteiger partial charge in [0.1, 0.15) is 5.82 Å². The first kappa shape index (κ1) is 25.4. The predicted molar refractivity (Wildman–Crippen MR) is 152 cm³/mol. The Bertz CT molecular complexity index is 2000. The minimum atomic E-state index is -4.03. The SMILES string of the molecule is Cc1cn(Cc2ccc3ccccc3c2)c2c(-c3cc(NS(=O)(=O)c4ccc(Cl)c(Cl)c4)no3)cc(F)cc12. The van der Waals surface area contributed by atoms with Crippen LogP contribution in [0.5, 0.6) is 0 Å². The number of nitrogens with zero attached hydrogens (tertiary/aromatic N) is 2. The predicted octanol–water partition coefficient (Wildman–Crippen LogP) is 8.05. The topological polar surface area (TPSA) is 77.1 Å². The number of halogens is 3. The van der Waals surface area contributed by atoms with Gasteiger partial charge in [0.15, 0.2) is 11.6 Å². The van der Waals surface area contributed by atoms with Crippen molar-refractivity contribution < 1.29 is 17.3 Å². The molecule has 0 unspecified atom stereocenters. The summed E-state index contributed by atoms with van der Waals surface area (Å²) in [4.78, 5) is -0.0884. The lowest BCUT2D eigenvalue weighted by molar-refractivity contribution is 0.435. The van der Waals surface area contributed by atoms with Gasteiger partial charge in [-0.25, -0.2) is 12.8 Å². The van der Waals surface area contributed by atoms with Gasteiger partial charge < -0.3 is 9.09 Å². The first-order valence-corrected chi connectivity index (χ1v) is 14.1. The van der Waals surface area contributed by atoms with Gasteiger partial charge in [0.2, 0.25) is 0 Å². The maximum atomic E-state index is 14.7. The molecule has 0 aliphatic rings. The number of benzene rings is 4. The van der Waals surface area contributed by atoms with Crippen LogP contribution in [-0.4, -0.2) is 18.1 Å². The summed E-state index contributed by atoms with van der Waals surface area (Å²) in [6, 6.07) is 22.6. The molecule has 0 aliphatic carbocycles. The lowest BCUT2D eigenvalue weighted by atomic mass is 10.1. The molecule has 4 aromatic carbocycles. The Kier molecular flexibility index (Phi) is 6.33. The molecule has 196 valence electrons. The molecule has 6 aromatic rings. The van der Waals surface area contributed by atoms with Gasteiger partial charge in [0.05, 0.1) is 20.5 Å². The highest BCUT2D eigenvalue weighted by Crippen LogP contribution is 2.35. The second-order valence-electron chi connectivity index (χ2n) is 9.23. The van der Waals surface area contributed by atoms with Gasteiger partial charge in [-0.3, -0.25) is 4.72 Å². The molecule has 0 radical (unpaired) electrons. The lowest BCUT2D eigenvalue weighted by Gasteiger charge is -2.10. The number of hydrogen-bond acceptors (Lipinski definition) is 4. The zero-order chi connectivity index (χ0) is 27.3. The number of fused-ring (bicyclic) bond motifs is 2. The quantitative estimate of drug-likeness (QED) is 0.216. The second-order valence-corrected chi connectivity index (χ2v) is 11.7. The van der Waals surface area contributed by atoms with Crippen LogP contribution < -0.4 is 4.72 Å². The molecule has 0 spiro atoms. The molecule has 0 bridgehead atoms. The van der Waals surface area contributed by atoms with Crippen molar-refractivity contribution in [3.63, 3.8) is 0 Å². The molecule has 0 saturated carbocycles. The highest BCUT2D eigenvalue weighted by atomic mass is 35.5. The molecule has 0 fully saturated rings. The van der Waals surface area contributed by atoms with E-state index in [1.165, 1.54) is 36.4 Å². The van der Waals surface area contributed by atoms with Gasteiger partial charge >= 0.3 is 0 Å². The Hall–Kier alpha value is -3.85. The van der Waals surface area contributed by atoms with Gasteiger partial charge in [-0.2, -0.15) is 0 Å². The Labute approximate surface area is 233 Å². The van der Waals surface area contributed by atoms with Crippen LogP contribution in [-0.2, 0) is 16.6 Å². The smallest absolute Gasteiger partial charge is 0.263 e. The van der Waals surface area contributed by atoms with E-state index in [1.54, 1.807) is 0 Å². The second kappa shape index (κ2) is 9.72. The summed E-state index contributed by atoms with van der Waals surface area (Å²) in [6.45, 7) is 2.46. The Morgan fingerprint density at radius 2 is 1.74 bits per heavy atom. The molecule has 0 amide bonds. The van der Waals surface area contributed by atoms with E-state index in [-0.39, 0.29) is 26.5 Å². The van der Waals surface area contributed by atoms with E-state index < -0.39 is 15.8 Å². The number of hydrogen-bond donors (Lipinski definition) is 1. The number of nitrogens with one attached hydrogen (secondary N) is 1. The van der Waals surface area contributed by atoms with Crippen molar-refractivity contribution in [1.29, 1.82) is 0 Å². The largest absolute Gasteiger partial charge is 0.354 e. The van der Waals surface area contributed by atoms with Gasteiger partial charge in [0, 0.05) is 29.8 Å². The van der Waals surface area contributed by atoms with Crippen LogP contribution in [0.1, 0.15) is 11.1 Å². The average Bonchev–Trinajstić information content (AvgIpc) is 3.49. The number of aromatic nitrogens is 2. The summed E-state index contributed by atoms with van der Waals surface area (Å²) in [7, 11) is -4.03. The highest BCUT2D eigenvalue weighted by molar-refractivity contribution is 7.92. The highest BCUT2D eigenvalue weighted by Gasteiger charge is 2.21. The van der Waals surface area contributed by atoms with Crippen molar-refractivity contribution in [3.05, 3.63) is 112 Å². The summed E-state index contributed by atoms with van der Waals surface area (Å²) >= 11 is 11.9. The maximum absolute atomic E-state index is 14.7. The third kappa shape index (κ3) is 4.87. The summed E-state index contributed by atoms with van der Waals surface area (Å²) < 4.78 is 50.4. The third-order valence-corrected chi connectivity index (χ3v) is 8.61. The molecular weight excluding hydrogens is 560 g/mol. The fourth-order valence-electron chi connectivity index (χ4n) is 4.71. The molecule has 0 saturated heterocycles. The monoisotopic (exact) mass is 579 g/mol. The summed E-state index contributed by atoms with van der Waals surface area (Å²) in [5.74, 6) is -0.291. The number of sulfonamides is 1. The molecule has 6 rings (SSSR count). The number of rotatable bonds is 6. The molecule has 6 nitrogen and oxygen atoms in total. The number of anilines is 1. The summed E-state index contributed by atoms with van der Waals surface area (Å²) in [5.41, 5.74) is 3.17. The Balaban J connectivity index is 1.38. The van der Waals surface area contributed by atoms with Crippen molar-refractivity contribution in [1.82, 2.24) is 9.72 Å². The fraction of sp³-hybridized carbons (Fsp3) is 0.0690. The zero-order valence-electron chi connectivity index (χ0n) is 20.5. The van der Waals surface area contributed by atoms with Crippen LogP contribution in [0, 0.1) is 12.7 Å². The van der Waals surface area contributed by atoms with Crippen molar-refractivity contribution in [2.45, 2.75) is 18.4 Å². The van der Waals surface area contributed by atoms with Crippen LogP contribution in [0.15, 0.2) is 94.5 Å². The molecule has 0 atom stereocenters. The van der Waals surface area contributed by atoms with Crippen LogP contribution in [0.2, 0.25) is 10.0 Å². The van der Waals surface area contributed by atoms with Crippen LogP contribution in [0.4, 0.5) is 10.2 Å². The fourth-order valence-corrected chi connectivity index (χ4v) is 6.09. The van der Waals surface area contributed by atoms with Crippen molar-refractivity contribution in [2.24, 2.45) is 0 Å². The molecule has 2 aromatic heterocycles. The summed E-state index contributed by atoms with van der Waals surface area (Å²) in [5, 5.41) is 7.21. The van der Waals surface area contributed by atoms with E-state index in [4.69, 9.17) is 27.7 Å². The molecule has 0 aliphatic heterocycles. The molecule has 39 heavy (non-hydrogen) atoms. The van der Waals surface area contributed by atoms with E-state index in [1.807, 2.05) is 29.8 Å². The summed E-state index contributed by atoms with van der Waals surface area (Å²) in [6.07, 6.45) is 1.97. The normalized spacial score (nSPS) is 11.9. The van der Waals surface area contributed by atoms with Crippen molar-refractivity contribution in [2.75, 3.05) is 4.72 Å². The van der Waals surface area contributed by atoms with Gasteiger partial charge in [-0.15, -0.1) is 0 Å². The van der Waals surface area contributed by atoms with Gasteiger partial charge in [0.25, 0.3) is 10.0 Å². The van der Waals surface area contributed by atoms with E-state index in [9.17, 15) is 12.8 Å². The van der Waals surface area contributed by atoms with Crippen LogP contribution >= 0.6 is 23.2 Å². The Morgan fingerprint density at radius 1 is 0.949 bits per heavy atom. The number of aryl methyl sites for hydroxylation is 1. The van der Waals surface area contributed by atoms with E-state index in [0.29, 0.717) is 12.1 Å². The van der Waals surface area contributed by atoms with Gasteiger partial charge in [-0.05, 0) is 65.2 Å². The van der Waals surface area contributed by atoms with Gasteiger partial charge in [-0.1, -0.05) is 64.8 Å². The lowest BCUT2D eigenvalue weighted by Crippen LogP contribution is -2.13. The standard InChI is InChI=1S/C29H20Cl2FN3O3S/c1-17-15-35(16-18-6-7-19-4-2-3-5-20(19)10-18)29-23(17)11-21(32)12-24(29)27-14-28(33-38-27)34-39(36,37)22-8-9-25(30)26(31)13-22/h2-15H,16H2,1H3,(H,33,34). The maximum Gasteiger partial charge on any atom is 0.263 e. The minimum absolute atomic E-state index is 0.0576. The van der Waals surface area contributed by atoms with Crippen molar-refractivity contribution in [3.8, 4) is 11.3 Å². The van der Waals surface area contributed by atoms with Crippen LogP contribution in [0.25, 0.3) is 33.0 Å². The minimum Gasteiger partial charge on any atom is -0.354 e. The molecule has 1 N–H and O–H groups in total. The van der Waals surface area contributed by atoms with E-state index in [2.05, 4.69) is 40.2 Å². The van der Waals surface area contributed by atoms with E-state index in [0.717, 1.165) is 32.8 Å². The zero-order valence-corrected chi connectivity index (χ0v) is 22.8. The van der Waals surface area contributed by atoms with E-state index >= 15 is 0 Å². The molecule has 10 heteroatoms. The molecule has 2 heterocycles. The Morgan fingerprint density at radius 3 is 2.54 bits per heavy atom. The molecular formula is C29H20Cl2FN3O3S. The first-order valence-electron chi connectivity index (χ1n) is 11.9. The first-order chi connectivity index (χ1) is 18.7. The average molecular weight is 580 g/mol.